The molecule has 0 aliphatic carbocycles. The Morgan fingerprint density at radius 3 is 2.79 bits per heavy atom. The van der Waals surface area contributed by atoms with Gasteiger partial charge in [-0.3, -0.25) is 4.90 Å². The molecule has 0 spiro atoms. The van der Waals surface area contributed by atoms with E-state index in [2.05, 4.69) is 22.4 Å². The minimum Gasteiger partial charge on any atom is -0.323 e. The van der Waals surface area contributed by atoms with E-state index in [4.69, 9.17) is 0 Å². The van der Waals surface area contributed by atoms with Crippen molar-refractivity contribution < 1.29 is 4.79 Å². The highest BCUT2D eigenvalue weighted by atomic mass is 16.2. The third kappa shape index (κ3) is 2.89. The van der Waals surface area contributed by atoms with Gasteiger partial charge in [0.1, 0.15) is 0 Å². The summed E-state index contributed by atoms with van der Waals surface area (Å²) >= 11 is 0. The molecule has 0 radical (unpaired) electrons. The van der Waals surface area contributed by atoms with Crippen LogP contribution in [0.3, 0.4) is 0 Å². The maximum Gasteiger partial charge on any atom is 0.321 e. The number of nitrogens with zero attached hydrogens (tertiary/aromatic N) is 4. The minimum atomic E-state index is -0.0245. The molecule has 2 aliphatic heterocycles. The number of likely N-dealkylation sites (N-methyl/N-ethyl adjacent to an activating group) is 1. The van der Waals surface area contributed by atoms with Gasteiger partial charge in [0.05, 0.1) is 23.8 Å². The van der Waals surface area contributed by atoms with Crippen molar-refractivity contribution in [2.24, 2.45) is 0 Å². The highest BCUT2D eigenvalue weighted by Crippen LogP contribution is 2.28. The molecule has 3 heterocycles. The van der Waals surface area contributed by atoms with Crippen molar-refractivity contribution in [1.29, 1.82) is 0 Å². The molecule has 24 heavy (non-hydrogen) atoms. The summed E-state index contributed by atoms with van der Waals surface area (Å²) in [6, 6.07) is 11.0. The van der Waals surface area contributed by atoms with Crippen molar-refractivity contribution in [3.05, 3.63) is 42.7 Å². The van der Waals surface area contributed by atoms with Gasteiger partial charge in [0.25, 0.3) is 0 Å². The Labute approximate surface area is 142 Å². The predicted octanol–water partition coefficient (Wildman–Crippen LogP) is 2.57. The van der Waals surface area contributed by atoms with Crippen molar-refractivity contribution in [3.8, 4) is 5.69 Å². The predicted molar refractivity (Wildman–Crippen MR) is 93.3 cm³/mol. The van der Waals surface area contributed by atoms with Gasteiger partial charge in [-0.1, -0.05) is 18.2 Å². The maximum absolute atomic E-state index is 12.6. The first-order valence-electron chi connectivity index (χ1n) is 8.58. The molecule has 2 aromatic rings. The second kappa shape index (κ2) is 6.28. The normalized spacial score (nSPS) is 24.0. The van der Waals surface area contributed by atoms with Crippen molar-refractivity contribution in [2.75, 3.05) is 25.5 Å². The summed E-state index contributed by atoms with van der Waals surface area (Å²) in [6.07, 6.45) is 7.06. The Hall–Kier alpha value is -2.34. The number of likely N-dealkylation sites (tertiary alicyclic amines) is 1. The molecule has 126 valence electrons. The molecule has 2 unspecified atom stereocenters. The van der Waals surface area contributed by atoms with Crippen molar-refractivity contribution >= 4 is 11.7 Å². The summed E-state index contributed by atoms with van der Waals surface area (Å²) < 4.78 is 1.77. The summed E-state index contributed by atoms with van der Waals surface area (Å²) in [7, 11) is 2.19. The molecule has 1 aromatic heterocycles. The molecule has 2 amide bonds. The first-order chi connectivity index (χ1) is 11.7. The lowest BCUT2D eigenvalue weighted by Gasteiger charge is -2.25. The summed E-state index contributed by atoms with van der Waals surface area (Å²) in [5.74, 6) is 0. The first-order valence-corrected chi connectivity index (χ1v) is 8.58. The third-order valence-electron chi connectivity index (χ3n) is 5.29. The zero-order valence-corrected chi connectivity index (χ0v) is 13.9. The Bertz CT molecular complexity index is 713. The zero-order valence-electron chi connectivity index (χ0n) is 13.9. The Kier molecular flexibility index (Phi) is 3.98. The number of fused-ring (bicyclic) bond motifs is 2. The van der Waals surface area contributed by atoms with Gasteiger partial charge in [-0.25, -0.2) is 9.48 Å². The zero-order chi connectivity index (χ0) is 16.5. The van der Waals surface area contributed by atoms with Crippen LogP contribution in [0.4, 0.5) is 10.5 Å². The minimum absolute atomic E-state index is 0.0245. The highest BCUT2D eigenvalue weighted by molar-refractivity contribution is 5.89. The van der Waals surface area contributed by atoms with E-state index in [1.807, 2.05) is 41.4 Å². The fraction of sp³-hybridized carbons (Fsp3) is 0.444. The number of hydrogen-bond acceptors (Lipinski definition) is 3. The van der Waals surface area contributed by atoms with Gasteiger partial charge in [-0.2, -0.15) is 5.10 Å². The van der Waals surface area contributed by atoms with Crippen LogP contribution in [0.25, 0.3) is 5.69 Å². The molecule has 2 atom stereocenters. The SMILES string of the molecule is CN1C2CCC1CN(C(=O)Nc1cnn(-c3ccccc3)c1)CC2. The van der Waals surface area contributed by atoms with Crippen molar-refractivity contribution in [2.45, 2.75) is 31.3 Å². The van der Waals surface area contributed by atoms with Crippen LogP contribution in [-0.4, -0.2) is 57.8 Å². The van der Waals surface area contributed by atoms with Crippen molar-refractivity contribution in [3.63, 3.8) is 0 Å². The molecule has 6 nitrogen and oxygen atoms in total. The number of carbonyl (C=O) groups is 1. The highest BCUT2D eigenvalue weighted by Gasteiger charge is 2.35. The number of aromatic nitrogens is 2. The van der Waals surface area contributed by atoms with Gasteiger partial charge in [0, 0.05) is 25.2 Å². The summed E-state index contributed by atoms with van der Waals surface area (Å²) in [4.78, 5) is 17.0. The lowest BCUT2D eigenvalue weighted by atomic mass is 10.1. The first kappa shape index (κ1) is 15.2. The number of hydrogen-bond donors (Lipinski definition) is 1. The summed E-state index contributed by atoms with van der Waals surface area (Å²) in [5, 5.41) is 7.32. The molecule has 1 aromatic carbocycles. The second-order valence-electron chi connectivity index (χ2n) is 6.72. The van der Waals surface area contributed by atoms with Gasteiger partial charge >= 0.3 is 6.03 Å². The number of rotatable bonds is 2. The lowest BCUT2D eigenvalue weighted by Crippen LogP contribution is -2.41. The van der Waals surface area contributed by atoms with Crippen LogP contribution in [0, 0.1) is 0 Å². The molecule has 6 heteroatoms. The molecular weight excluding hydrogens is 302 g/mol. The largest absolute Gasteiger partial charge is 0.323 e. The van der Waals surface area contributed by atoms with Crippen LogP contribution in [-0.2, 0) is 0 Å². The van der Waals surface area contributed by atoms with E-state index in [1.54, 1.807) is 10.9 Å². The number of anilines is 1. The molecule has 2 aliphatic rings. The fourth-order valence-corrected chi connectivity index (χ4v) is 3.81. The standard InChI is InChI=1S/C18H23N5O/c1-21-15-7-8-17(21)13-22(10-9-15)18(24)20-14-11-19-23(12-14)16-5-3-2-4-6-16/h2-6,11-12,15,17H,7-10,13H2,1H3,(H,20,24). The second-order valence-corrected chi connectivity index (χ2v) is 6.72. The number of nitrogens with one attached hydrogen (secondary N) is 1. The summed E-state index contributed by atoms with van der Waals surface area (Å²) in [6.45, 7) is 1.63. The van der Waals surface area contributed by atoms with Crippen LogP contribution in [0.15, 0.2) is 42.7 Å². The Morgan fingerprint density at radius 2 is 1.96 bits per heavy atom. The van der Waals surface area contributed by atoms with Crippen LogP contribution < -0.4 is 5.32 Å². The van der Waals surface area contributed by atoms with Gasteiger partial charge in [0.15, 0.2) is 0 Å². The third-order valence-corrected chi connectivity index (χ3v) is 5.29. The quantitative estimate of drug-likeness (QED) is 0.923. The lowest BCUT2D eigenvalue weighted by molar-refractivity contribution is 0.200. The number of urea groups is 1. The molecule has 4 rings (SSSR count). The van der Waals surface area contributed by atoms with Crippen molar-refractivity contribution in [1.82, 2.24) is 19.6 Å². The average Bonchev–Trinajstić information content (AvgIpc) is 3.13. The monoisotopic (exact) mass is 325 g/mol. The number of benzene rings is 1. The van der Waals surface area contributed by atoms with E-state index in [1.165, 1.54) is 12.8 Å². The van der Waals surface area contributed by atoms with Gasteiger partial charge < -0.3 is 10.2 Å². The van der Waals surface area contributed by atoms with E-state index in [-0.39, 0.29) is 6.03 Å². The average molecular weight is 325 g/mol. The van der Waals surface area contributed by atoms with E-state index in [0.29, 0.717) is 12.1 Å². The maximum atomic E-state index is 12.6. The van der Waals surface area contributed by atoms with Gasteiger partial charge in [0.2, 0.25) is 0 Å². The number of amides is 2. The van der Waals surface area contributed by atoms with Crippen LogP contribution in [0.1, 0.15) is 19.3 Å². The summed E-state index contributed by atoms with van der Waals surface area (Å²) in [5.41, 5.74) is 1.71. The van der Waals surface area contributed by atoms with E-state index < -0.39 is 0 Å². The molecular formula is C18H23N5O. The number of para-hydroxylation sites is 1. The van der Waals surface area contributed by atoms with Crippen LogP contribution >= 0.6 is 0 Å². The molecule has 1 N–H and O–H groups in total. The van der Waals surface area contributed by atoms with Crippen LogP contribution in [0.5, 0.6) is 0 Å². The molecule has 2 fully saturated rings. The van der Waals surface area contributed by atoms with E-state index in [9.17, 15) is 4.79 Å². The Balaban J connectivity index is 1.42. The molecule has 2 saturated heterocycles. The molecule has 2 bridgehead atoms. The number of carbonyl (C=O) groups excluding carboxylic acids is 1. The van der Waals surface area contributed by atoms with Gasteiger partial charge in [-0.15, -0.1) is 0 Å². The smallest absolute Gasteiger partial charge is 0.321 e. The topological polar surface area (TPSA) is 53.4 Å². The van der Waals surface area contributed by atoms with Gasteiger partial charge in [-0.05, 0) is 38.4 Å². The Morgan fingerprint density at radius 1 is 1.17 bits per heavy atom. The molecule has 0 saturated carbocycles. The van der Waals surface area contributed by atoms with Crippen LogP contribution in [0.2, 0.25) is 0 Å². The van der Waals surface area contributed by atoms with E-state index >= 15 is 0 Å². The fourth-order valence-electron chi connectivity index (χ4n) is 3.81. The van der Waals surface area contributed by atoms with E-state index in [0.717, 1.165) is 30.9 Å².